The van der Waals surface area contributed by atoms with Crippen LogP contribution in [0.25, 0.3) is 0 Å². The smallest absolute Gasteiger partial charge is 0.239 e. The Kier molecular flexibility index (Phi) is 4.27. The summed E-state index contributed by atoms with van der Waals surface area (Å²) in [6.07, 6.45) is 4.33. The summed E-state index contributed by atoms with van der Waals surface area (Å²) in [5, 5.41) is 9.21. The van der Waals surface area contributed by atoms with Gasteiger partial charge in [0.15, 0.2) is 0 Å². The lowest BCUT2D eigenvalue weighted by molar-refractivity contribution is -0.134. The molecule has 2 atom stereocenters. The fourth-order valence-corrected chi connectivity index (χ4v) is 2.39. The summed E-state index contributed by atoms with van der Waals surface area (Å²) in [7, 11) is 0. The Morgan fingerprint density at radius 3 is 3.00 bits per heavy atom. The van der Waals surface area contributed by atoms with Crippen molar-refractivity contribution in [3.8, 4) is 6.07 Å². The van der Waals surface area contributed by atoms with Crippen LogP contribution in [0.5, 0.6) is 0 Å². The molecule has 14 heavy (non-hydrogen) atoms. The van der Waals surface area contributed by atoms with Crippen molar-refractivity contribution in [3.05, 3.63) is 0 Å². The Labute approximate surface area is 89.5 Å². The highest BCUT2D eigenvalue weighted by atomic mass is 32.2. The minimum atomic E-state index is -0.490. The molecular formula is C10H16N2OS. The average molecular weight is 212 g/mol. The van der Waals surface area contributed by atoms with Crippen molar-refractivity contribution in [2.75, 3.05) is 19.3 Å². The number of nitriles is 1. The molecule has 1 fully saturated rings. The molecule has 0 aromatic carbocycles. The number of piperidine rings is 1. The molecule has 0 bridgehead atoms. The van der Waals surface area contributed by atoms with E-state index >= 15 is 0 Å². The highest BCUT2D eigenvalue weighted by molar-refractivity contribution is 7.99. The number of hydrogen-bond acceptors (Lipinski definition) is 3. The van der Waals surface area contributed by atoms with Gasteiger partial charge < -0.3 is 4.90 Å². The number of rotatable bonds is 2. The minimum absolute atomic E-state index is 0.00810. The van der Waals surface area contributed by atoms with E-state index in [9.17, 15) is 4.79 Å². The highest BCUT2D eigenvalue weighted by Gasteiger charge is 2.25. The molecule has 4 heteroatoms. The summed E-state index contributed by atoms with van der Waals surface area (Å²) in [5.41, 5.74) is 0. The maximum atomic E-state index is 11.7. The molecule has 0 radical (unpaired) electrons. The Morgan fingerprint density at radius 1 is 1.71 bits per heavy atom. The second-order valence-electron chi connectivity index (χ2n) is 3.63. The summed E-state index contributed by atoms with van der Waals surface area (Å²) in [6, 6.07) is 2.00. The van der Waals surface area contributed by atoms with Gasteiger partial charge in [-0.3, -0.25) is 4.79 Å². The van der Waals surface area contributed by atoms with Crippen LogP contribution in [0.2, 0.25) is 0 Å². The molecule has 1 aliphatic heterocycles. The molecule has 1 aliphatic rings. The molecule has 3 nitrogen and oxygen atoms in total. The quantitative estimate of drug-likeness (QED) is 0.696. The van der Waals surface area contributed by atoms with Gasteiger partial charge in [0.2, 0.25) is 5.91 Å². The summed E-state index contributed by atoms with van der Waals surface area (Å²) in [5.74, 6) is -0.498. The van der Waals surface area contributed by atoms with Crippen LogP contribution in [-0.2, 0) is 4.79 Å². The summed E-state index contributed by atoms with van der Waals surface area (Å²) in [4.78, 5) is 13.5. The molecule has 0 N–H and O–H groups in total. The van der Waals surface area contributed by atoms with Crippen LogP contribution in [-0.4, -0.2) is 35.4 Å². The van der Waals surface area contributed by atoms with E-state index < -0.39 is 5.92 Å². The molecule has 0 aromatic rings. The van der Waals surface area contributed by atoms with Gasteiger partial charge in [0.25, 0.3) is 0 Å². The molecule has 1 heterocycles. The van der Waals surface area contributed by atoms with Crippen LogP contribution in [0, 0.1) is 17.2 Å². The normalized spacial score (nSPS) is 24.1. The summed E-state index contributed by atoms with van der Waals surface area (Å²) < 4.78 is 0. The van der Waals surface area contributed by atoms with Crippen LogP contribution in [0.1, 0.15) is 19.8 Å². The summed E-state index contributed by atoms with van der Waals surface area (Å²) in [6.45, 7) is 3.30. The van der Waals surface area contributed by atoms with Crippen molar-refractivity contribution < 1.29 is 4.79 Å². The van der Waals surface area contributed by atoms with E-state index in [4.69, 9.17) is 5.26 Å². The van der Waals surface area contributed by atoms with Gasteiger partial charge in [0, 0.05) is 18.3 Å². The topological polar surface area (TPSA) is 44.1 Å². The van der Waals surface area contributed by atoms with Crippen LogP contribution < -0.4 is 0 Å². The first-order valence-electron chi connectivity index (χ1n) is 4.90. The van der Waals surface area contributed by atoms with Crippen molar-refractivity contribution in [3.63, 3.8) is 0 Å². The first kappa shape index (κ1) is 11.4. The second kappa shape index (κ2) is 5.26. The minimum Gasteiger partial charge on any atom is -0.340 e. The number of amides is 1. The molecule has 0 saturated carbocycles. The predicted octanol–water partition coefficient (Wildman–Crippen LogP) is 1.50. The number of likely N-dealkylation sites (tertiary alicyclic amines) is 1. The third kappa shape index (κ3) is 2.65. The van der Waals surface area contributed by atoms with Gasteiger partial charge in [-0.2, -0.15) is 17.0 Å². The number of carbonyl (C=O) groups is 1. The van der Waals surface area contributed by atoms with E-state index in [-0.39, 0.29) is 5.91 Å². The lowest BCUT2D eigenvalue weighted by Crippen LogP contribution is -2.43. The first-order valence-corrected chi connectivity index (χ1v) is 6.19. The van der Waals surface area contributed by atoms with Gasteiger partial charge in [0.05, 0.1) is 6.07 Å². The Hall–Kier alpha value is -0.690. The molecular weight excluding hydrogens is 196 g/mol. The first-order chi connectivity index (χ1) is 6.69. The zero-order valence-corrected chi connectivity index (χ0v) is 9.51. The molecule has 0 aliphatic carbocycles. The maximum absolute atomic E-state index is 11.7. The van der Waals surface area contributed by atoms with E-state index in [0.717, 1.165) is 19.5 Å². The van der Waals surface area contributed by atoms with Crippen LogP contribution in [0.3, 0.4) is 0 Å². The third-order valence-electron chi connectivity index (χ3n) is 2.59. The van der Waals surface area contributed by atoms with Crippen molar-refractivity contribution in [1.82, 2.24) is 4.90 Å². The highest BCUT2D eigenvalue weighted by Crippen LogP contribution is 2.21. The predicted molar refractivity (Wildman–Crippen MR) is 57.9 cm³/mol. The van der Waals surface area contributed by atoms with Gasteiger partial charge in [-0.15, -0.1) is 0 Å². The van der Waals surface area contributed by atoms with Gasteiger partial charge in [-0.1, -0.05) is 0 Å². The average Bonchev–Trinajstić information content (AvgIpc) is 2.27. The van der Waals surface area contributed by atoms with Gasteiger partial charge in [0.1, 0.15) is 5.92 Å². The van der Waals surface area contributed by atoms with E-state index in [1.54, 1.807) is 6.92 Å². The second-order valence-corrected chi connectivity index (χ2v) is 4.77. The number of carbonyl (C=O) groups excluding carboxylic acids is 1. The Morgan fingerprint density at radius 2 is 2.43 bits per heavy atom. The zero-order chi connectivity index (χ0) is 10.6. The van der Waals surface area contributed by atoms with E-state index in [1.807, 2.05) is 22.7 Å². The lowest BCUT2D eigenvalue weighted by atomic mass is 10.1. The zero-order valence-electron chi connectivity index (χ0n) is 8.69. The monoisotopic (exact) mass is 212 g/mol. The number of thioether (sulfide) groups is 1. The van der Waals surface area contributed by atoms with Crippen molar-refractivity contribution in [2.24, 2.45) is 5.92 Å². The molecule has 78 valence electrons. The molecule has 1 saturated heterocycles. The molecule has 1 rings (SSSR count). The number of nitrogens with zero attached hydrogens (tertiary/aromatic N) is 2. The van der Waals surface area contributed by atoms with Gasteiger partial charge in [-0.25, -0.2) is 0 Å². The Bertz CT molecular complexity index is 249. The number of hydrogen-bond donors (Lipinski definition) is 0. The van der Waals surface area contributed by atoms with Crippen molar-refractivity contribution >= 4 is 17.7 Å². The van der Waals surface area contributed by atoms with Crippen LogP contribution >= 0.6 is 11.8 Å². The lowest BCUT2D eigenvalue weighted by Gasteiger charge is -2.32. The molecule has 0 aromatic heterocycles. The molecule has 1 amide bonds. The van der Waals surface area contributed by atoms with Crippen molar-refractivity contribution in [2.45, 2.75) is 25.0 Å². The van der Waals surface area contributed by atoms with Crippen LogP contribution in [0.15, 0.2) is 0 Å². The largest absolute Gasteiger partial charge is 0.340 e. The van der Waals surface area contributed by atoms with Crippen LogP contribution in [0.4, 0.5) is 0 Å². The fraction of sp³-hybridized carbons (Fsp3) is 0.800. The van der Waals surface area contributed by atoms with Gasteiger partial charge >= 0.3 is 0 Å². The van der Waals surface area contributed by atoms with E-state index in [2.05, 4.69) is 6.26 Å². The van der Waals surface area contributed by atoms with Gasteiger partial charge in [-0.05, 0) is 26.0 Å². The molecule has 0 spiro atoms. The fourth-order valence-electron chi connectivity index (χ4n) is 1.66. The Balaban J connectivity index is 2.52. The third-order valence-corrected chi connectivity index (χ3v) is 3.64. The standard InChI is InChI=1S/C10H16N2OS/c1-8(6-11)10(13)12-5-3-4-9(7-12)14-2/h8-9H,3-5,7H2,1-2H3. The van der Waals surface area contributed by atoms with Crippen molar-refractivity contribution in [1.29, 1.82) is 5.26 Å². The van der Waals surface area contributed by atoms with E-state index in [0.29, 0.717) is 5.25 Å². The van der Waals surface area contributed by atoms with E-state index in [1.165, 1.54) is 6.42 Å². The summed E-state index contributed by atoms with van der Waals surface area (Å²) >= 11 is 1.81. The molecule has 2 unspecified atom stereocenters. The maximum Gasteiger partial charge on any atom is 0.239 e. The SMILES string of the molecule is CSC1CCCN(C(=O)C(C)C#N)C1.